The quantitative estimate of drug-likeness (QED) is 0.851. The summed E-state index contributed by atoms with van der Waals surface area (Å²) in [7, 11) is -4.00. The topological polar surface area (TPSA) is 83.6 Å². The molecule has 0 atom stereocenters. The average Bonchev–Trinajstić information content (AvgIpc) is 2.45. The summed E-state index contributed by atoms with van der Waals surface area (Å²) < 4.78 is 50.9. The number of rotatable bonds is 5. The largest absolute Gasteiger partial charge is 0.375 e. The molecule has 0 aliphatic carbocycles. The van der Waals surface area contributed by atoms with Crippen molar-refractivity contribution in [3.63, 3.8) is 0 Å². The van der Waals surface area contributed by atoms with Crippen LogP contribution in [0.4, 0.5) is 11.4 Å². The van der Waals surface area contributed by atoms with E-state index in [0.29, 0.717) is 16.4 Å². The lowest BCUT2D eigenvalue weighted by Gasteiger charge is -2.20. The SMILES string of the molecule is CN(C)c1c(Cl)cccc1NS(=O)(=O)c1cccc(S(C)(=O)=O)c1. The van der Waals surface area contributed by atoms with E-state index in [1.54, 1.807) is 37.2 Å². The van der Waals surface area contributed by atoms with Crippen LogP contribution in [0.25, 0.3) is 0 Å². The standard InChI is InChI=1S/C15H17ClN2O4S2/c1-18(2)15-13(16)8-5-9-14(15)17-24(21,22)12-7-4-6-11(10-12)23(3,19)20/h4-10,17H,1-3H3. The molecule has 2 aromatic carbocycles. The van der Waals surface area contributed by atoms with Crippen LogP contribution >= 0.6 is 11.6 Å². The van der Waals surface area contributed by atoms with E-state index in [-0.39, 0.29) is 9.79 Å². The van der Waals surface area contributed by atoms with Gasteiger partial charge in [-0.3, -0.25) is 4.72 Å². The first kappa shape index (κ1) is 18.6. The van der Waals surface area contributed by atoms with Crippen LogP contribution in [0.2, 0.25) is 5.02 Å². The predicted octanol–water partition coefficient (Wildman–Crippen LogP) is 2.61. The lowest BCUT2D eigenvalue weighted by atomic mass is 10.2. The van der Waals surface area contributed by atoms with E-state index in [2.05, 4.69) is 4.72 Å². The second-order valence-electron chi connectivity index (χ2n) is 5.38. The fourth-order valence-corrected chi connectivity index (χ4v) is 4.32. The minimum absolute atomic E-state index is 0.0655. The third kappa shape index (κ3) is 4.00. The first-order valence-corrected chi connectivity index (χ1v) is 10.6. The fourth-order valence-electron chi connectivity index (χ4n) is 2.13. The Hall–Kier alpha value is -1.77. The Balaban J connectivity index is 2.49. The third-order valence-corrected chi connectivity index (χ3v) is 6.00. The Kier molecular flexibility index (Phi) is 5.12. The highest BCUT2D eigenvalue weighted by Crippen LogP contribution is 2.34. The normalized spacial score (nSPS) is 12.0. The number of nitrogens with one attached hydrogen (secondary N) is 1. The van der Waals surface area contributed by atoms with Gasteiger partial charge in [0.25, 0.3) is 10.0 Å². The molecule has 0 saturated heterocycles. The molecule has 0 saturated carbocycles. The molecular formula is C15H17ClN2O4S2. The number of sulfonamides is 1. The third-order valence-electron chi connectivity index (χ3n) is 3.22. The molecule has 0 bridgehead atoms. The van der Waals surface area contributed by atoms with Crippen molar-refractivity contribution in [3.8, 4) is 0 Å². The molecule has 2 rings (SSSR count). The number of sulfone groups is 1. The summed E-state index contributed by atoms with van der Waals surface area (Å²) in [6, 6.07) is 10.0. The number of hydrogen-bond acceptors (Lipinski definition) is 5. The molecule has 1 N–H and O–H groups in total. The van der Waals surface area contributed by atoms with Crippen LogP contribution in [0.3, 0.4) is 0 Å². The highest BCUT2D eigenvalue weighted by Gasteiger charge is 2.20. The highest BCUT2D eigenvalue weighted by atomic mass is 35.5. The molecule has 0 amide bonds. The fraction of sp³-hybridized carbons (Fsp3) is 0.200. The lowest BCUT2D eigenvalue weighted by molar-refractivity contribution is 0.599. The molecule has 0 aliphatic rings. The molecule has 0 aliphatic heterocycles. The van der Waals surface area contributed by atoms with Gasteiger partial charge in [0.05, 0.1) is 26.2 Å². The molecule has 6 nitrogen and oxygen atoms in total. The van der Waals surface area contributed by atoms with E-state index in [1.165, 1.54) is 18.2 Å². The molecule has 0 aromatic heterocycles. The van der Waals surface area contributed by atoms with Gasteiger partial charge in [-0.2, -0.15) is 0 Å². The molecule has 0 heterocycles. The summed E-state index contributed by atoms with van der Waals surface area (Å²) in [6.45, 7) is 0. The van der Waals surface area contributed by atoms with Crippen LogP contribution in [0.1, 0.15) is 0 Å². The maximum atomic E-state index is 12.6. The maximum absolute atomic E-state index is 12.6. The second-order valence-corrected chi connectivity index (χ2v) is 9.49. The summed E-state index contributed by atoms with van der Waals surface area (Å²) in [4.78, 5) is 1.48. The number of para-hydroxylation sites is 1. The van der Waals surface area contributed by atoms with Crippen molar-refractivity contribution in [1.82, 2.24) is 0 Å². The van der Waals surface area contributed by atoms with Crippen LogP contribution < -0.4 is 9.62 Å². The van der Waals surface area contributed by atoms with Crippen molar-refractivity contribution < 1.29 is 16.8 Å². The first-order valence-electron chi connectivity index (χ1n) is 6.81. The average molecular weight is 389 g/mol. The zero-order chi connectivity index (χ0) is 18.1. The second kappa shape index (κ2) is 6.62. The van der Waals surface area contributed by atoms with Crippen molar-refractivity contribution in [1.29, 1.82) is 0 Å². The summed E-state index contributed by atoms with van der Waals surface area (Å²) in [6.07, 6.45) is 1.02. The van der Waals surface area contributed by atoms with Gasteiger partial charge in [-0.25, -0.2) is 16.8 Å². The Bertz CT molecular complexity index is 971. The van der Waals surface area contributed by atoms with Crippen LogP contribution in [-0.2, 0) is 19.9 Å². The zero-order valence-corrected chi connectivity index (χ0v) is 15.7. The number of anilines is 2. The van der Waals surface area contributed by atoms with E-state index in [9.17, 15) is 16.8 Å². The molecule has 2 aromatic rings. The maximum Gasteiger partial charge on any atom is 0.262 e. The van der Waals surface area contributed by atoms with E-state index in [0.717, 1.165) is 12.3 Å². The van der Waals surface area contributed by atoms with Crippen molar-refractivity contribution in [2.24, 2.45) is 0 Å². The molecule has 0 fully saturated rings. The number of benzene rings is 2. The monoisotopic (exact) mass is 388 g/mol. The van der Waals surface area contributed by atoms with Crippen molar-refractivity contribution >= 4 is 42.8 Å². The molecule has 0 unspecified atom stereocenters. The Morgan fingerprint density at radius 2 is 1.54 bits per heavy atom. The van der Waals surface area contributed by atoms with E-state index < -0.39 is 19.9 Å². The Labute approximate surface area is 147 Å². The van der Waals surface area contributed by atoms with Gasteiger partial charge < -0.3 is 4.90 Å². The molecule has 0 spiro atoms. The minimum atomic E-state index is -3.97. The summed E-state index contributed by atoms with van der Waals surface area (Å²) >= 11 is 6.13. The predicted molar refractivity (Wildman–Crippen MR) is 96.1 cm³/mol. The van der Waals surface area contributed by atoms with E-state index in [1.807, 2.05) is 0 Å². The minimum Gasteiger partial charge on any atom is -0.375 e. The summed E-state index contributed by atoms with van der Waals surface area (Å²) in [5.41, 5.74) is 0.819. The molecule has 130 valence electrons. The number of halogens is 1. The van der Waals surface area contributed by atoms with Crippen LogP contribution in [0.15, 0.2) is 52.3 Å². The van der Waals surface area contributed by atoms with Gasteiger partial charge >= 0.3 is 0 Å². The van der Waals surface area contributed by atoms with Gasteiger partial charge in [0.1, 0.15) is 0 Å². The van der Waals surface area contributed by atoms with Gasteiger partial charge in [0.15, 0.2) is 9.84 Å². The van der Waals surface area contributed by atoms with Crippen molar-refractivity contribution in [2.45, 2.75) is 9.79 Å². The van der Waals surface area contributed by atoms with Crippen molar-refractivity contribution in [2.75, 3.05) is 30.0 Å². The van der Waals surface area contributed by atoms with Gasteiger partial charge in [-0.1, -0.05) is 23.7 Å². The van der Waals surface area contributed by atoms with Gasteiger partial charge in [-0.15, -0.1) is 0 Å². The lowest BCUT2D eigenvalue weighted by Crippen LogP contribution is -2.17. The van der Waals surface area contributed by atoms with Crippen molar-refractivity contribution in [3.05, 3.63) is 47.5 Å². The zero-order valence-electron chi connectivity index (χ0n) is 13.3. The molecule has 9 heteroatoms. The number of hydrogen-bond donors (Lipinski definition) is 1. The molecule has 0 radical (unpaired) electrons. The van der Waals surface area contributed by atoms with Gasteiger partial charge in [0.2, 0.25) is 0 Å². The molecular weight excluding hydrogens is 372 g/mol. The van der Waals surface area contributed by atoms with Crippen LogP contribution in [-0.4, -0.2) is 37.2 Å². The Morgan fingerprint density at radius 1 is 0.958 bits per heavy atom. The first-order chi connectivity index (χ1) is 11.0. The number of nitrogens with zero attached hydrogens (tertiary/aromatic N) is 1. The van der Waals surface area contributed by atoms with Crippen LogP contribution in [0, 0.1) is 0 Å². The van der Waals surface area contributed by atoms with Gasteiger partial charge in [0, 0.05) is 20.4 Å². The van der Waals surface area contributed by atoms with Gasteiger partial charge in [-0.05, 0) is 30.3 Å². The summed E-state index contributed by atoms with van der Waals surface area (Å²) in [5.74, 6) is 0. The Morgan fingerprint density at radius 3 is 2.12 bits per heavy atom. The van der Waals surface area contributed by atoms with Crippen LogP contribution in [0.5, 0.6) is 0 Å². The van der Waals surface area contributed by atoms with E-state index in [4.69, 9.17) is 11.6 Å². The highest BCUT2D eigenvalue weighted by molar-refractivity contribution is 7.93. The molecule has 24 heavy (non-hydrogen) atoms. The smallest absolute Gasteiger partial charge is 0.262 e. The summed E-state index contributed by atoms with van der Waals surface area (Å²) in [5, 5.41) is 0.394. The van der Waals surface area contributed by atoms with E-state index >= 15 is 0 Å².